The summed E-state index contributed by atoms with van der Waals surface area (Å²) in [5.74, 6) is -3.42. The van der Waals surface area contributed by atoms with Crippen LogP contribution in [0.25, 0.3) is 5.69 Å². The summed E-state index contributed by atoms with van der Waals surface area (Å²) in [5.41, 5.74) is -2.06. The van der Waals surface area contributed by atoms with Gasteiger partial charge in [0.25, 0.3) is 0 Å². The van der Waals surface area contributed by atoms with Crippen molar-refractivity contribution in [3.63, 3.8) is 0 Å². The third-order valence-electron chi connectivity index (χ3n) is 4.02. The molecule has 1 aromatic heterocycles. The normalized spacial score (nSPS) is 10.7. The first-order chi connectivity index (χ1) is 14.2. The number of hydrogen-bond donors (Lipinski definition) is 1. The molecule has 1 heterocycles. The van der Waals surface area contributed by atoms with Crippen molar-refractivity contribution in [3.05, 3.63) is 64.3 Å². The van der Waals surface area contributed by atoms with Gasteiger partial charge in [0.1, 0.15) is 11.5 Å². The lowest BCUT2D eigenvalue weighted by Crippen LogP contribution is -2.41. The van der Waals surface area contributed by atoms with Gasteiger partial charge in [-0.05, 0) is 47.7 Å². The molecule has 3 aromatic rings. The van der Waals surface area contributed by atoms with E-state index in [0.29, 0.717) is 4.68 Å². The van der Waals surface area contributed by atoms with Crippen LogP contribution in [0.4, 0.5) is 29.3 Å². The maximum absolute atomic E-state index is 14.5. The number of halogens is 3. The van der Waals surface area contributed by atoms with Crippen LogP contribution in [0.5, 0.6) is 0 Å². The Hall–Kier alpha value is -3.96. The number of para-hydroxylation sites is 1. The van der Waals surface area contributed by atoms with Gasteiger partial charge in [-0.1, -0.05) is 6.07 Å². The van der Waals surface area contributed by atoms with Crippen molar-refractivity contribution in [1.29, 1.82) is 0 Å². The lowest BCUT2D eigenvalue weighted by molar-refractivity contribution is -0.114. The molecule has 0 aliphatic heterocycles. The van der Waals surface area contributed by atoms with Gasteiger partial charge in [0.05, 0.1) is 5.69 Å². The van der Waals surface area contributed by atoms with E-state index in [4.69, 9.17) is 0 Å². The SMILES string of the molecule is CCN(C(=O)n1nnn(-c2c(F)cccc2F)c1=O)c1ccc(NC(C)=O)cc1F. The number of benzene rings is 2. The third kappa shape index (κ3) is 3.79. The molecule has 0 aliphatic carbocycles. The molecular formula is C18H15F3N6O3. The Kier molecular flexibility index (Phi) is 5.67. The fourth-order valence-corrected chi connectivity index (χ4v) is 2.73. The Labute approximate surface area is 167 Å². The number of anilines is 2. The number of hydrogen-bond acceptors (Lipinski definition) is 5. The highest BCUT2D eigenvalue weighted by Crippen LogP contribution is 2.23. The molecule has 30 heavy (non-hydrogen) atoms. The summed E-state index contributed by atoms with van der Waals surface area (Å²) < 4.78 is 43.0. The lowest BCUT2D eigenvalue weighted by Gasteiger charge is -2.20. The molecule has 2 aromatic carbocycles. The molecule has 0 aliphatic rings. The fourth-order valence-electron chi connectivity index (χ4n) is 2.73. The molecule has 0 saturated carbocycles. The average molecular weight is 420 g/mol. The van der Waals surface area contributed by atoms with Gasteiger partial charge in [-0.2, -0.15) is 4.68 Å². The highest BCUT2D eigenvalue weighted by atomic mass is 19.1. The van der Waals surface area contributed by atoms with Crippen LogP contribution in [-0.4, -0.2) is 38.3 Å². The van der Waals surface area contributed by atoms with Gasteiger partial charge >= 0.3 is 11.7 Å². The first-order valence-corrected chi connectivity index (χ1v) is 8.63. The smallest absolute Gasteiger partial charge is 0.326 e. The summed E-state index contributed by atoms with van der Waals surface area (Å²) in [4.78, 5) is 37.3. The number of rotatable bonds is 4. The summed E-state index contributed by atoms with van der Waals surface area (Å²) in [6, 6.07) is 5.43. The Morgan fingerprint density at radius 1 is 1.07 bits per heavy atom. The van der Waals surface area contributed by atoms with E-state index < -0.39 is 40.8 Å². The van der Waals surface area contributed by atoms with Crippen LogP contribution in [0.15, 0.2) is 41.2 Å². The number of tetrazole rings is 1. The van der Waals surface area contributed by atoms with Gasteiger partial charge in [-0.25, -0.2) is 22.8 Å². The van der Waals surface area contributed by atoms with Gasteiger partial charge in [-0.15, -0.1) is 4.68 Å². The molecule has 9 nitrogen and oxygen atoms in total. The minimum Gasteiger partial charge on any atom is -0.326 e. The minimum absolute atomic E-state index is 0.0669. The molecule has 2 amide bonds. The summed E-state index contributed by atoms with van der Waals surface area (Å²) in [7, 11) is 0. The zero-order chi connectivity index (χ0) is 22.0. The maximum atomic E-state index is 14.5. The van der Waals surface area contributed by atoms with Crippen LogP contribution in [0.3, 0.4) is 0 Å². The van der Waals surface area contributed by atoms with Gasteiger partial charge in [0, 0.05) is 19.2 Å². The van der Waals surface area contributed by atoms with E-state index >= 15 is 0 Å². The topological polar surface area (TPSA) is 102 Å². The number of aromatic nitrogens is 4. The molecule has 1 N–H and O–H groups in total. The number of nitrogens with one attached hydrogen (secondary N) is 1. The van der Waals surface area contributed by atoms with Crippen molar-refractivity contribution in [1.82, 2.24) is 19.8 Å². The van der Waals surface area contributed by atoms with Gasteiger partial charge < -0.3 is 5.32 Å². The second-order valence-electron chi connectivity index (χ2n) is 6.03. The molecule has 0 saturated heterocycles. The van der Waals surface area contributed by atoms with E-state index in [-0.39, 0.29) is 22.6 Å². The molecule has 0 unspecified atom stereocenters. The molecule has 12 heteroatoms. The summed E-state index contributed by atoms with van der Waals surface area (Å²) in [6.07, 6.45) is 0. The van der Waals surface area contributed by atoms with Crippen LogP contribution in [0.2, 0.25) is 0 Å². The Morgan fingerprint density at radius 2 is 1.73 bits per heavy atom. The molecule has 0 bridgehead atoms. The number of amides is 2. The van der Waals surface area contributed by atoms with Gasteiger partial charge in [-0.3, -0.25) is 9.69 Å². The largest absolute Gasteiger partial charge is 0.377 e. The van der Waals surface area contributed by atoms with Crippen molar-refractivity contribution in [2.75, 3.05) is 16.8 Å². The van der Waals surface area contributed by atoms with E-state index in [1.807, 2.05) is 0 Å². The molecule has 0 atom stereocenters. The molecular weight excluding hydrogens is 405 g/mol. The first-order valence-electron chi connectivity index (χ1n) is 8.63. The van der Waals surface area contributed by atoms with Crippen LogP contribution >= 0.6 is 0 Å². The maximum Gasteiger partial charge on any atom is 0.377 e. The van der Waals surface area contributed by atoms with Crippen LogP contribution in [-0.2, 0) is 4.79 Å². The first kappa shape index (κ1) is 20.8. The molecule has 0 radical (unpaired) electrons. The lowest BCUT2D eigenvalue weighted by atomic mass is 10.2. The number of carbonyl (C=O) groups is 2. The second kappa shape index (κ2) is 8.19. The predicted molar refractivity (Wildman–Crippen MR) is 100 cm³/mol. The number of nitrogens with zero attached hydrogens (tertiary/aromatic N) is 5. The minimum atomic E-state index is -1.24. The predicted octanol–water partition coefficient (Wildman–Crippen LogP) is 2.30. The second-order valence-corrected chi connectivity index (χ2v) is 6.03. The quantitative estimate of drug-likeness (QED) is 0.653. The zero-order valence-electron chi connectivity index (χ0n) is 15.8. The van der Waals surface area contributed by atoms with E-state index in [1.165, 1.54) is 26.0 Å². The summed E-state index contributed by atoms with van der Waals surface area (Å²) in [5, 5.41) is 9.12. The van der Waals surface area contributed by atoms with E-state index in [9.17, 15) is 27.6 Å². The van der Waals surface area contributed by atoms with Crippen LogP contribution < -0.4 is 15.9 Å². The van der Waals surface area contributed by atoms with E-state index in [2.05, 4.69) is 15.7 Å². The van der Waals surface area contributed by atoms with Crippen LogP contribution in [0.1, 0.15) is 13.8 Å². The van der Waals surface area contributed by atoms with Crippen molar-refractivity contribution in [3.8, 4) is 5.69 Å². The van der Waals surface area contributed by atoms with Crippen molar-refractivity contribution in [2.45, 2.75) is 13.8 Å². The van der Waals surface area contributed by atoms with Gasteiger partial charge in [0.2, 0.25) is 5.91 Å². The Balaban J connectivity index is 1.99. The third-order valence-corrected chi connectivity index (χ3v) is 4.02. The molecule has 156 valence electrons. The fraction of sp³-hybridized carbons (Fsp3) is 0.167. The Morgan fingerprint density at radius 3 is 2.30 bits per heavy atom. The standard InChI is InChI=1S/C18H15F3N6O3/c1-3-25(15-8-7-11(9-14(15)21)22-10(2)28)17(29)27-18(30)26(23-24-27)16-12(19)5-4-6-13(16)20/h4-9H,3H2,1-2H3,(H,22,28). The Bertz CT molecular complexity index is 1170. The van der Waals surface area contributed by atoms with Crippen molar-refractivity contribution >= 4 is 23.3 Å². The van der Waals surface area contributed by atoms with Gasteiger partial charge in [0.15, 0.2) is 11.6 Å². The monoisotopic (exact) mass is 420 g/mol. The zero-order valence-corrected chi connectivity index (χ0v) is 15.8. The molecule has 0 spiro atoms. The van der Waals surface area contributed by atoms with Crippen molar-refractivity contribution in [2.24, 2.45) is 0 Å². The van der Waals surface area contributed by atoms with Crippen molar-refractivity contribution < 1.29 is 22.8 Å². The highest BCUT2D eigenvalue weighted by molar-refractivity contribution is 5.94. The van der Waals surface area contributed by atoms with E-state index in [1.54, 1.807) is 0 Å². The molecule has 3 rings (SSSR count). The number of carbonyl (C=O) groups excluding carboxylic acids is 2. The summed E-state index contributed by atoms with van der Waals surface area (Å²) in [6.45, 7) is 2.70. The molecule has 0 fully saturated rings. The highest BCUT2D eigenvalue weighted by Gasteiger charge is 2.25. The summed E-state index contributed by atoms with van der Waals surface area (Å²) >= 11 is 0. The average Bonchev–Trinajstić information content (AvgIpc) is 3.04. The van der Waals surface area contributed by atoms with Crippen LogP contribution in [0, 0.1) is 17.5 Å². The van der Waals surface area contributed by atoms with E-state index in [0.717, 1.165) is 29.2 Å².